The number of hydrogen-bond acceptors (Lipinski definition) is 8. The molecule has 10 heteroatoms. The van der Waals surface area contributed by atoms with E-state index in [0.717, 1.165) is 11.8 Å². The van der Waals surface area contributed by atoms with Crippen LogP contribution in [0.3, 0.4) is 0 Å². The number of Topliss-reactive ketones (excluding diaryl/α,β-unsaturated/α-hetero) is 1. The van der Waals surface area contributed by atoms with Crippen molar-refractivity contribution in [1.29, 1.82) is 0 Å². The summed E-state index contributed by atoms with van der Waals surface area (Å²) in [5.41, 5.74) is 1.18. The first-order valence-corrected chi connectivity index (χ1v) is 13.6. The first-order chi connectivity index (χ1) is 17.3. The number of carbonyl (C=O) groups is 5. The molecule has 8 nitrogen and oxygen atoms in total. The number of ketones is 1. The van der Waals surface area contributed by atoms with Crippen LogP contribution in [0.1, 0.15) is 50.8 Å². The Morgan fingerprint density at radius 2 is 1.61 bits per heavy atom. The number of imide groups is 1. The van der Waals surface area contributed by atoms with E-state index in [1.807, 2.05) is 6.26 Å². The standard InChI is InChI=1S/C26H28N2O6S2/c1-16(29)36-22(9-6-14-28-25(32)19-7-4-5-8-20(19)26(28)33)24(31)27-21(15-35-3)23(30)17-10-12-18(34-2)13-11-17/h4-5,7-8,10-13,21-22H,6,9,14-15H2,1-3H3,(H,27,31)/t21-,22+/m0/s1. The van der Waals surface area contributed by atoms with Gasteiger partial charge in [-0.15, -0.1) is 0 Å². The maximum absolute atomic E-state index is 13.1. The fourth-order valence-electron chi connectivity index (χ4n) is 3.89. The Bertz CT molecular complexity index is 1120. The second-order valence-electron chi connectivity index (χ2n) is 8.16. The van der Waals surface area contributed by atoms with Gasteiger partial charge in [0.1, 0.15) is 11.8 Å². The summed E-state index contributed by atoms with van der Waals surface area (Å²) in [4.78, 5) is 64.3. The summed E-state index contributed by atoms with van der Waals surface area (Å²) in [6.07, 6.45) is 2.43. The lowest BCUT2D eigenvalue weighted by atomic mass is 10.0. The molecule has 2 atom stereocenters. The number of benzene rings is 2. The molecule has 0 spiro atoms. The van der Waals surface area contributed by atoms with E-state index in [9.17, 15) is 24.0 Å². The molecule has 0 bridgehead atoms. The van der Waals surface area contributed by atoms with Crippen LogP contribution in [0.25, 0.3) is 0 Å². The van der Waals surface area contributed by atoms with E-state index in [0.29, 0.717) is 34.6 Å². The van der Waals surface area contributed by atoms with Crippen LogP contribution >= 0.6 is 23.5 Å². The molecule has 0 aromatic heterocycles. The van der Waals surface area contributed by atoms with Crippen LogP contribution in [-0.4, -0.2) is 70.5 Å². The summed E-state index contributed by atoms with van der Waals surface area (Å²) in [5, 5.41) is 1.80. The molecule has 2 aromatic carbocycles. The highest BCUT2D eigenvalue weighted by atomic mass is 32.2. The SMILES string of the molecule is COc1ccc(C(=O)[C@H](CSC)NC(=O)[C@@H](CCCN2C(=O)c3ccccc3C2=O)SC(C)=O)cc1. The number of ether oxygens (including phenoxy) is 1. The second kappa shape index (κ2) is 12.7. The zero-order valence-electron chi connectivity index (χ0n) is 20.3. The van der Waals surface area contributed by atoms with Crippen molar-refractivity contribution in [2.45, 2.75) is 31.1 Å². The number of thioether (sulfide) groups is 2. The van der Waals surface area contributed by atoms with Crippen LogP contribution in [0.15, 0.2) is 48.5 Å². The van der Waals surface area contributed by atoms with E-state index in [2.05, 4.69) is 5.32 Å². The Balaban J connectivity index is 1.64. The van der Waals surface area contributed by atoms with Gasteiger partial charge in [-0.05, 0) is 55.5 Å². The summed E-state index contributed by atoms with van der Waals surface area (Å²) in [6, 6.07) is 12.5. The zero-order valence-corrected chi connectivity index (χ0v) is 21.9. The normalized spacial score (nSPS) is 14.2. The summed E-state index contributed by atoms with van der Waals surface area (Å²) in [5.74, 6) is -0.408. The molecule has 1 heterocycles. The summed E-state index contributed by atoms with van der Waals surface area (Å²) in [6.45, 7) is 1.50. The molecule has 1 aliphatic heterocycles. The highest BCUT2D eigenvalue weighted by molar-refractivity contribution is 8.14. The lowest BCUT2D eigenvalue weighted by Crippen LogP contribution is -2.46. The average Bonchev–Trinajstić information content (AvgIpc) is 3.12. The molecule has 0 aliphatic carbocycles. The maximum atomic E-state index is 13.1. The van der Waals surface area contributed by atoms with Gasteiger partial charge in [-0.2, -0.15) is 11.8 Å². The van der Waals surface area contributed by atoms with Crippen molar-refractivity contribution < 1.29 is 28.7 Å². The molecule has 0 unspecified atom stereocenters. The van der Waals surface area contributed by atoms with E-state index < -0.39 is 17.2 Å². The van der Waals surface area contributed by atoms with Crippen molar-refractivity contribution in [3.63, 3.8) is 0 Å². The summed E-state index contributed by atoms with van der Waals surface area (Å²) >= 11 is 2.30. The number of fused-ring (bicyclic) bond motifs is 1. The van der Waals surface area contributed by atoms with Crippen LogP contribution in [0.2, 0.25) is 0 Å². The molecular weight excluding hydrogens is 500 g/mol. The highest BCUT2D eigenvalue weighted by Crippen LogP contribution is 2.24. The van der Waals surface area contributed by atoms with Gasteiger partial charge in [-0.1, -0.05) is 23.9 Å². The molecule has 2 aromatic rings. The number of nitrogens with zero attached hydrogens (tertiary/aromatic N) is 1. The van der Waals surface area contributed by atoms with Crippen molar-refractivity contribution in [2.75, 3.05) is 25.7 Å². The number of hydrogen-bond donors (Lipinski definition) is 1. The van der Waals surface area contributed by atoms with Crippen LogP contribution in [-0.2, 0) is 9.59 Å². The summed E-state index contributed by atoms with van der Waals surface area (Å²) < 4.78 is 5.13. The molecular formula is C26H28N2O6S2. The molecule has 3 amide bonds. The topological polar surface area (TPSA) is 110 Å². The predicted molar refractivity (Wildman–Crippen MR) is 141 cm³/mol. The third-order valence-corrected chi connectivity index (χ3v) is 7.40. The number of amides is 3. The summed E-state index contributed by atoms with van der Waals surface area (Å²) in [7, 11) is 1.54. The molecule has 0 radical (unpaired) electrons. The molecule has 0 fully saturated rings. The third kappa shape index (κ3) is 6.55. The highest BCUT2D eigenvalue weighted by Gasteiger charge is 2.35. The number of methoxy groups -OCH3 is 1. The predicted octanol–water partition coefficient (Wildman–Crippen LogP) is 3.45. The Hall–Kier alpha value is -3.11. The van der Waals surface area contributed by atoms with Gasteiger partial charge in [0.2, 0.25) is 5.91 Å². The van der Waals surface area contributed by atoms with E-state index in [-0.39, 0.29) is 35.7 Å². The number of nitrogens with one attached hydrogen (secondary N) is 1. The molecule has 1 aliphatic rings. The van der Waals surface area contributed by atoms with E-state index in [4.69, 9.17) is 4.74 Å². The van der Waals surface area contributed by atoms with Crippen LogP contribution in [0.5, 0.6) is 5.75 Å². The first kappa shape index (κ1) is 27.5. The average molecular weight is 529 g/mol. The van der Waals surface area contributed by atoms with Gasteiger partial charge in [-0.25, -0.2) is 0 Å². The van der Waals surface area contributed by atoms with Crippen molar-refractivity contribution >= 4 is 52.1 Å². The number of carbonyl (C=O) groups excluding carboxylic acids is 5. The van der Waals surface area contributed by atoms with E-state index in [1.165, 1.54) is 30.7 Å². The van der Waals surface area contributed by atoms with Crippen LogP contribution in [0, 0.1) is 0 Å². The van der Waals surface area contributed by atoms with Gasteiger partial charge >= 0.3 is 0 Å². The lowest BCUT2D eigenvalue weighted by molar-refractivity contribution is -0.121. The third-order valence-electron chi connectivity index (χ3n) is 5.67. The molecule has 0 saturated carbocycles. The van der Waals surface area contributed by atoms with Crippen molar-refractivity contribution in [3.05, 3.63) is 65.2 Å². The molecule has 3 rings (SSSR count). The van der Waals surface area contributed by atoms with Gasteiger partial charge in [0, 0.05) is 24.8 Å². The van der Waals surface area contributed by atoms with Crippen LogP contribution in [0.4, 0.5) is 0 Å². The molecule has 190 valence electrons. The minimum Gasteiger partial charge on any atom is -0.497 e. The quantitative estimate of drug-likeness (QED) is 0.330. The maximum Gasteiger partial charge on any atom is 0.261 e. The van der Waals surface area contributed by atoms with Crippen molar-refractivity contribution in [1.82, 2.24) is 10.2 Å². The fraction of sp³-hybridized carbons (Fsp3) is 0.346. The molecule has 0 saturated heterocycles. The van der Waals surface area contributed by atoms with Gasteiger partial charge in [0.05, 0.1) is 23.5 Å². The smallest absolute Gasteiger partial charge is 0.261 e. The largest absolute Gasteiger partial charge is 0.497 e. The van der Waals surface area contributed by atoms with Gasteiger partial charge in [0.15, 0.2) is 10.9 Å². The van der Waals surface area contributed by atoms with E-state index >= 15 is 0 Å². The fourth-order valence-corrected chi connectivity index (χ4v) is 5.32. The van der Waals surface area contributed by atoms with Crippen LogP contribution < -0.4 is 10.1 Å². The zero-order chi connectivity index (χ0) is 26.2. The van der Waals surface area contributed by atoms with Crippen molar-refractivity contribution in [2.24, 2.45) is 0 Å². The van der Waals surface area contributed by atoms with Gasteiger partial charge in [0.25, 0.3) is 11.8 Å². The first-order valence-electron chi connectivity index (χ1n) is 11.4. The Morgan fingerprint density at radius 1 is 1.00 bits per heavy atom. The molecule has 36 heavy (non-hydrogen) atoms. The van der Waals surface area contributed by atoms with E-state index in [1.54, 1.807) is 48.5 Å². The lowest BCUT2D eigenvalue weighted by Gasteiger charge is -2.22. The van der Waals surface area contributed by atoms with Gasteiger partial charge < -0.3 is 10.1 Å². The minimum atomic E-state index is -0.771. The Kier molecular flexibility index (Phi) is 9.72. The molecule has 1 N–H and O–H groups in total. The monoisotopic (exact) mass is 528 g/mol. The second-order valence-corrected chi connectivity index (χ2v) is 10.4. The van der Waals surface area contributed by atoms with Crippen molar-refractivity contribution in [3.8, 4) is 5.75 Å². The Labute approximate surface area is 218 Å². The Morgan fingerprint density at radius 3 is 2.14 bits per heavy atom. The van der Waals surface area contributed by atoms with Gasteiger partial charge in [-0.3, -0.25) is 28.9 Å². The minimum absolute atomic E-state index is 0.133. The number of rotatable bonds is 12.